The summed E-state index contributed by atoms with van der Waals surface area (Å²) in [5.41, 5.74) is 0. The van der Waals surface area contributed by atoms with Gasteiger partial charge in [0.2, 0.25) is 5.91 Å². The van der Waals surface area contributed by atoms with E-state index in [0.29, 0.717) is 13.0 Å². The van der Waals surface area contributed by atoms with Crippen molar-refractivity contribution in [2.75, 3.05) is 13.6 Å². The minimum atomic E-state index is -0.327. The van der Waals surface area contributed by atoms with Crippen molar-refractivity contribution in [3.63, 3.8) is 0 Å². The van der Waals surface area contributed by atoms with Crippen LogP contribution in [-0.4, -0.2) is 35.6 Å². The normalized spacial score (nSPS) is 18.5. The van der Waals surface area contributed by atoms with Crippen molar-refractivity contribution in [3.8, 4) is 0 Å². The zero-order valence-corrected chi connectivity index (χ0v) is 8.94. The summed E-state index contributed by atoms with van der Waals surface area (Å²) in [6.07, 6.45) is 6.20. The van der Waals surface area contributed by atoms with Crippen molar-refractivity contribution < 1.29 is 9.90 Å². The average molecular weight is 197 g/mol. The van der Waals surface area contributed by atoms with Gasteiger partial charge in [0.05, 0.1) is 6.10 Å². The Balaban J connectivity index is 2.29. The molecule has 1 unspecified atom stereocenters. The van der Waals surface area contributed by atoms with E-state index in [-0.39, 0.29) is 17.9 Å². The average Bonchev–Trinajstić information content (AvgIpc) is 2.65. The van der Waals surface area contributed by atoms with Crippen LogP contribution in [0.2, 0.25) is 0 Å². The third-order valence-electron chi connectivity index (χ3n) is 2.62. The van der Waals surface area contributed by atoms with Crippen LogP contribution < -0.4 is 0 Å². The highest BCUT2D eigenvalue weighted by atomic mass is 16.3. The van der Waals surface area contributed by atoms with Crippen molar-refractivity contribution in [2.24, 2.45) is 5.92 Å². The fraction of sp³-hybridized carbons (Fsp3) is 0.727. The molecule has 0 aromatic carbocycles. The van der Waals surface area contributed by atoms with E-state index in [9.17, 15) is 4.79 Å². The SMILES string of the molecule is CC(O)CCN(C)C(=O)C1CC=CC1. The molecule has 1 amide bonds. The van der Waals surface area contributed by atoms with Gasteiger partial charge in [-0.25, -0.2) is 0 Å². The number of rotatable bonds is 4. The van der Waals surface area contributed by atoms with Gasteiger partial charge >= 0.3 is 0 Å². The summed E-state index contributed by atoms with van der Waals surface area (Å²) >= 11 is 0. The lowest BCUT2D eigenvalue weighted by atomic mass is 10.1. The van der Waals surface area contributed by atoms with E-state index in [1.165, 1.54) is 0 Å². The summed E-state index contributed by atoms with van der Waals surface area (Å²) in [4.78, 5) is 13.5. The van der Waals surface area contributed by atoms with Gasteiger partial charge in [-0.05, 0) is 26.2 Å². The lowest BCUT2D eigenvalue weighted by Gasteiger charge is -2.21. The highest BCUT2D eigenvalue weighted by Gasteiger charge is 2.22. The summed E-state index contributed by atoms with van der Waals surface area (Å²) < 4.78 is 0. The molecule has 0 heterocycles. The van der Waals surface area contributed by atoms with E-state index >= 15 is 0 Å². The van der Waals surface area contributed by atoms with Crippen LogP contribution in [0.5, 0.6) is 0 Å². The topological polar surface area (TPSA) is 40.5 Å². The first-order chi connectivity index (χ1) is 6.61. The van der Waals surface area contributed by atoms with Crippen molar-refractivity contribution in [3.05, 3.63) is 12.2 Å². The maximum absolute atomic E-state index is 11.8. The first-order valence-corrected chi connectivity index (χ1v) is 5.19. The fourth-order valence-electron chi connectivity index (χ4n) is 1.62. The van der Waals surface area contributed by atoms with E-state index in [4.69, 9.17) is 5.11 Å². The highest BCUT2D eigenvalue weighted by molar-refractivity contribution is 5.79. The summed E-state index contributed by atoms with van der Waals surface area (Å²) in [6, 6.07) is 0. The van der Waals surface area contributed by atoms with Crippen LogP contribution in [0.4, 0.5) is 0 Å². The van der Waals surface area contributed by atoms with Crippen LogP contribution in [0.25, 0.3) is 0 Å². The standard InChI is InChI=1S/C11H19NO2/c1-9(13)7-8-12(2)11(14)10-5-3-4-6-10/h3-4,9-10,13H,5-8H2,1-2H3. The minimum absolute atomic E-state index is 0.147. The number of carbonyl (C=O) groups excluding carboxylic acids is 1. The van der Waals surface area contributed by atoms with Crippen molar-refractivity contribution >= 4 is 5.91 Å². The Labute approximate surface area is 85.4 Å². The Morgan fingerprint density at radius 3 is 2.64 bits per heavy atom. The summed E-state index contributed by atoms with van der Waals surface area (Å²) in [5.74, 6) is 0.352. The predicted molar refractivity (Wildman–Crippen MR) is 55.8 cm³/mol. The second-order valence-electron chi connectivity index (χ2n) is 4.04. The van der Waals surface area contributed by atoms with Gasteiger partial charge in [0, 0.05) is 19.5 Å². The van der Waals surface area contributed by atoms with Gasteiger partial charge in [-0.15, -0.1) is 0 Å². The van der Waals surface area contributed by atoms with Crippen LogP contribution in [0.15, 0.2) is 12.2 Å². The Hall–Kier alpha value is -0.830. The molecule has 3 nitrogen and oxygen atoms in total. The van der Waals surface area contributed by atoms with Crippen LogP contribution in [0.1, 0.15) is 26.2 Å². The second-order valence-corrected chi connectivity index (χ2v) is 4.04. The molecule has 1 N–H and O–H groups in total. The van der Waals surface area contributed by atoms with Gasteiger partial charge in [-0.1, -0.05) is 12.2 Å². The third-order valence-corrected chi connectivity index (χ3v) is 2.62. The molecule has 0 saturated heterocycles. The molecule has 0 saturated carbocycles. The number of hydrogen-bond donors (Lipinski definition) is 1. The van der Waals surface area contributed by atoms with E-state index in [1.807, 2.05) is 7.05 Å². The van der Waals surface area contributed by atoms with Gasteiger partial charge < -0.3 is 10.0 Å². The molecule has 1 aliphatic rings. The van der Waals surface area contributed by atoms with E-state index in [0.717, 1.165) is 12.8 Å². The number of aliphatic hydroxyl groups is 1. The van der Waals surface area contributed by atoms with Crippen LogP contribution in [0, 0.1) is 5.92 Å². The Bertz CT molecular complexity index is 215. The lowest BCUT2D eigenvalue weighted by molar-refractivity contribution is -0.134. The van der Waals surface area contributed by atoms with Crippen molar-refractivity contribution in [1.29, 1.82) is 0 Å². The maximum atomic E-state index is 11.8. The zero-order valence-electron chi connectivity index (χ0n) is 8.94. The molecule has 1 rings (SSSR count). The number of carbonyl (C=O) groups is 1. The first-order valence-electron chi connectivity index (χ1n) is 5.19. The van der Waals surface area contributed by atoms with Crippen LogP contribution >= 0.6 is 0 Å². The molecular weight excluding hydrogens is 178 g/mol. The van der Waals surface area contributed by atoms with Gasteiger partial charge in [0.25, 0.3) is 0 Å². The molecule has 80 valence electrons. The summed E-state index contributed by atoms with van der Waals surface area (Å²) in [6.45, 7) is 2.39. The maximum Gasteiger partial charge on any atom is 0.226 e. The van der Waals surface area contributed by atoms with Gasteiger partial charge in [0.1, 0.15) is 0 Å². The molecule has 0 fully saturated rings. The third kappa shape index (κ3) is 3.14. The van der Waals surface area contributed by atoms with Crippen molar-refractivity contribution in [1.82, 2.24) is 4.90 Å². The molecular formula is C11H19NO2. The summed E-state index contributed by atoms with van der Waals surface area (Å²) in [7, 11) is 1.81. The number of aliphatic hydroxyl groups excluding tert-OH is 1. The van der Waals surface area contributed by atoms with E-state index in [2.05, 4.69) is 12.2 Å². The van der Waals surface area contributed by atoms with Gasteiger partial charge in [0.15, 0.2) is 0 Å². The molecule has 0 spiro atoms. The molecule has 1 atom stereocenters. The van der Waals surface area contributed by atoms with E-state index in [1.54, 1.807) is 11.8 Å². The summed E-state index contributed by atoms with van der Waals surface area (Å²) in [5, 5.41) is 9.10. The largest absolute Gasteiger partial charge is 0.393 e. The van der Waals surface area contributed by atoms with Crippen molar-refractivity contribution in [2.45, 2.75) is 32.3 Å². The second kappa shape index (κ2) is 5.15. The lowest BCUT2D eigenvalue weighted by Crippen LogP contribution is -2.33. The predicted octanol–water partition coefficient (Wildman–Crippen LogP) is 1.18. The zero-order chi connectivity index (χ0) is 10.6. The molecule has 0 aromatic heterocycles. The molecule has 14 heavy (non-hydrogen) atoms. The monoisotopic (exact) mass is 197 g/mol. The number of nitrogens with zero attached hydrogens (tertiary/aromatic N) is 1. The molecule has 3 heteroatoms. The number of hydrogen-bond acceptors (Lipinski definition) is 2. The number of allylic oxidation sites excluding steroid dienone is 2. The van der Waals surface area contributed by atoms with Crippen LogP contribution in [0.3, 0.4) is 0 Å². The molecule has 1 aliphatic carbocycles. The molecule has 0 radical (unpaired) electrons. The molecule has 0 aromatic rings. The fourth-order valence-corrected chi connectivity index (χ4v) is 1.62. The smallest absolute Gasteiger partial charge is 0.226 e. The van der Waals surface area contributed by atoms with Gasteiger partial charge in [-0.2, -0.15) is 0 Å². The van der Waals surface area contributed by atoms with Gasteiger partial charge in [-0.3, -0.25) is 4.79 Å². The highest BCUT2D eigenvalue weighted by Crippen LogP contribution is 2.19. The minimum Gasteiger partial charge on any atom is -0.393 e. The van der Waals surface area contributed by atoms with Crippen LogP contribution in [-0.2, 0) is 4.79 Å². The quantitative estimate of drug-likeness (QED) is 0.687. The number of amides is 1. The molecule has 0 bridgehead atoms. The Kier molecular flexibility index (Phi) is 4.14. The Morgan fingerprint density at radius 2 is 2.14 bits per heavy atom. The first kappa shape index (κ1) is 11.2. The van der Waals surface area contributed by atoms with E-state index < -0.39 is 0 Å². The Morgan fingerprint density at radius 1 is 1.57 bits per heavy atom. The molecule has 0 aliphatic heterocycles.